The van der Waals surface area contributed by atoms with Gasteiger partial charge in [-0.2, -0.15) is 5.26 Å². The second-order valence-corrected chi connectivity index (χ2v) is 4.92. The molecular formula is C15H19FN2O. The van der Waals surface area contributed by atoms with Crippen molar-refractivity contribution in [3.8, 4) is 6.07 Å². The Labute approximate surface area is 113 Å². The second-order valence-electron chi connectivity index (χ2n) is 4.92. The number of halogens is 1. The van der Waals surface area contributed by atoms with Crippen molar-refractivity contribution < 1.29 is 9.13 Å². The smallest absolute Gasteiger partial charge is 0.140 e. The van der Waals surface area contributed by atoms with E-state index in [9.17, 15) is 4.39 Å². The average Bonchev–Trinajstić information content (AvgIpc) is 2.88. The standard InChI is InChI=1S/C15H19FN2O/c1-2-15-12(5-6-19-15)10-18-9-11-3-4-14(16)13(7-11)8-17/h3-4,7,12,15,18H,2,5-6,9-10H2,1H3. The van der Waals surface area contributed by atoms with Crippen molar-refractivity contribution in [2.24, 2.45) is 5.92 Å². The van der Waals surface area contributed by atoms with Gasteiger partial charge in [-0.1, -0.05) is 13.0 Å². The predicted molar refractivity (Wildman–Crippen MR) is 71.0 cm³/mol. The zero-order valence-corrected chi connectivity index (χ0v) is 11.2. The highest BCUT2D eigenvalue weighted by molar-refractivity contribution is 5.34. The van der Waals surface area contributed by atoms with Crippen molar-refractivity contribution in [2.75, 3.05) is 13.2 Å². The molecule has 0 radical (unpaired) electrons. The molecule has 3 nitrogen and oxygen atoms in total. The first-order valence-electron chi connectivity index (χ1n) is 6.75. The fourth-order valence-electron chi connectivity index (χ4n) is 2.55. The molecule has 1 aromatic rings. The van der Waals surface area contributed by atoms with Gasteiger partial charge in [0.25, 0.3) is 0 Å². The van der Waals surface area contributed by atoms with Crippen LogP contribution in [0.3, 0.4) is 0 Å². The van der Waals surface area contributed by atoms with E-state index in [0.717, 1.165) is 31.6 Å². The normalized spacial score (nSPS) is 22.4. The van der Waals surface area contributed by atoms with Crippen LogP contribution < -0.4 is 5.32 Å². The fraction of sp³-hybridized carbons (Fsp3) is 0.533. The van der Waals surface area contributed by atoms with Crippen molar-refractivity contribution in [3.05, 3.63) is 35.1 Å². The first-order chi connectivity index (χ1) is 9.24. The Bertz CT molecular complexity index is 470. The zero-order chi connectivity index (χ0) is 13.7. The lowest BCUT2D eigenvalue weighted by Crippen LogP contribution is -2.28. The van der Waals surface area contributed by atoms with Crippen molar-refractivity contribution >= 4 is 0 Å². The van der Waals surface area contributed by atoms with Crippen LogP contribution >= 0.6 is 0 Å². The molecular weight excluding hydrogens is 243 g/mol. The SMILES string of the molecule is CCC1OCCC1CNCc1ccc(F)c(C#N)c1. The van der Waals surface area contributed by atoms with Crippen LogP contribution in [-0.2, 0) is 11.3 Å². The van der Waals surface area contributed by atoms with Crippen LogP contribution in [0, 0.1) is 23.1 Å². The van der Waals surface area contributed by atoms with Gasteiger partial charge in [0.2, 0.25) is 0 Å². The number of ether oxygens (including phenoxy) is 1. The number of rotatable bonds is 5. The molecule has 1 saturated heterocycles. The van der Waals surface area contributed by atoms with E-state index in [1.807, 2.05) is 6.07 Å². The Hall–Kier alpha value is -1.44. The second kappa shape index (κ2) is 6.65. The lowest BCUT2D eigenvalue weighted by molar-refractivity contribution is 0.0872. The molecule has 1 N–H and O–H groups in total. The van der Waals surface area contributed by atoms with Crippen LogP contribution in [0.1, 0.15) is 30.9 Å². The van der Waals surface area contributed by atoms with Crippen LogP contribution in [0.15, 0.2) is 18.2 Å². The summed E-state index contributed by atoms with van der Waals surface area (Å²) in [6.07, 6.45) is 2.50. The zero-order valence-electron chi connectivity index (χ0n) is 11.2. The molecule has 1 aromatic carbocycles. The van der Waals surface area contributed by atoms with Gasteiger partial charge < -0.3 is 10.1 Å². The number of hydrogen-bond acceptors (Lipinski definition) is 3. The summed E-state index contributed by atoms with van der Waals surface area (Å²) in [6.45, 7) is 4.54. The molecule has 1 fully saturated rings. The largest absolute Gasteiger partial charge is 0.378 e. The first kappa shape index (κ1) is 14.0. The van der Waals surface area contributed by atoms with Gasteiger partial charge in [0, 0.05) is 19.7 Å². The van der Waals surface area contributed by atoms with Gasteiger partial charge in [0.05, 0.1) is 11.7 Å². The Morgan fingerprint density at radius 1 is 1.53 bits per heavy atom. The van der Waals surface area contributed by atoms with Gasteiger partial charge >= 0.3 is 0 Å². The summed E-state index contributed by atoms with van der Waals surface area (Å²) >= 11 is 0. The third-order valence-corrected chi connectivity index (χ3v) is 3.64. The maximum atomic E-state index is 13.2. The summed E-state index contributed by atoms with van der Waals surface area (Å²) in [7, 11) is 0. The monoisotopic (exact) mass is 262 g/mol. The maximum absolute atomic E-state index is 13.2. The third kappa shape index (κ3) is 3.52. The van der Waals surface area contributed by atoms with Crippen molar-refractivity contribution in [1.82, 2.24) is 5.32 Å². The minimum Gasteiger partial charge on any atom is -0.378 e. The van der Waals surface area contributed by atoms with Crippen molar-refractivity contribution in [3.63, 3.8) is 0 Å². The molecule has 0 spiro atoms. The number of benzene rings is 1. The van der Waals surface area contributed by atoms with Crippen LogP contribution in [0.5, 0.6) is 0 Å². The lowest BCUT2D eigenvalue weighted by Gasteiger charge is -2.17. The highest BCUT2D eigenvalue weighted by Crippen LogP contribution is 2.22. The molecule has 0 bridgehead atoms. The Balaban J connectivity index is 1.84. The highest BCUT2D eigenvalue weighted by Gasteiger charge is 2.25. The van der Waals surface area contributed by atoms with Crippen molar-refractivity contribution in [2.45, 2.75) is 32.4 Å². The Kier molecular flexibility index (Phi) is 4.89. The predicted octanol–water partition coefficient (Wildman–Crippen LogP) is 2.60. The maximum Gasteiger partial charge on any atom is 0.140 e. The van der Waals surface area contributed by atoms with Gasteiger partial charge in [-0.05, 0) is 36.5 Å². The number of nitrogens with one attached hydrogen (secondary N) is 1. The van der Waals surface area contributed by atoms with E-state index in [-0.39, 0.29) is 5.56 Å². The van der Waals surface area contributed by atoms with Crippen LogP contribution in [0.4, 0.5) is 4.39 Å². The third-order valence-electron chi connectivity index (χ3n) is 3.64. The molecule has 0 amide bonds. The minimum atomic E-state index is -0.457. The van der Waals surface area contributed by atoms with E-state index < -0.39 is 5.82 Å². The molecule has 1 aliphatic rings. The minimum absolute atomic E-state index is 0.106. The van der Waals surface area contributed by atoms with E-state index in [1.54, 1.807) is 12.1 Å². The van der Waals surface area contributed by atoms with Crippen LogP contribution in [0.25, 0.3) is 0 Å². The number of nitrogens with zero attached hydrogens (tertiary/aromatic N) is 1. The van der Waals surface area contributed by atoms with Gasteiger partial charge in [-0.25, -0.2) is 4.39 Å². The molecule has 102 valence electrons. The summed E-state index contributed by atoms with van der Waals surface area (Å²) in [6, 6.07) is 6.53. The van der Waals surface area contributed by atoms with Crippen LogP contribution in [0.2, 0.25) is 0 Å². The topological polar surface area (TPSA) is 45.0 Å². The van der Waals surface area contributed by atoms with Gasteiger partial charge in [-0.3, -0.25) is 0 Å². The van der Waals surface area contributed by atoms with Gasteiger partial charge in [-0.15, -0.1) is 0 Å². The summed E-state index contributed by atoms with van der Waals surface area (Å²) in [4.78, 5) is 0. The van der Waals surface area contributed by atoms with Crippen molar-refractivity contribution in [1.29, 1.82) is 5.26 Å². The van der Waals surface area contributed by atoms with E-state index in [2.05, 4.69) is 12.2 Å². The van der Waals surface area contributed by atoms with Crippen LogP contribution in [-0.4, -0.2) is 19.3 Å². The quantitative estimate of drug-likeness (QED) is 0.887. The van der Waals surface area contributed by atoms with E-state index in [4.69, 9.17) is 10.00 Å². The molecule has 2 atom stereocenters. The summed E-state index contributed by atoms with van der Waals surface area (Å²) in [5.41, 5.74) is 1.04. The number of nitriles is 1. The summed E-state index contributed by atoms with van der Waals surface area (Å²) in [5, 5.41) is 12.1. The van der Waals surface area contributed by atoms with Gasteiger partial charge in [0.15, 0.2) is 0 Å². The number of hydrogen-bond donors (Lipinski definition) is 1. The lowest BCUT2D eigenvalue weighted by atomic mass is 9.99. The Morgan fingerprint density at radius 3 is 3.11 bits per heavy atom. The fourth-order valence-corrected chi connectivity index (χ4v) is 2.55. The molecule has 19 heavy (non-hydrogen) atoms. The molecule has 1 aliphatic heterocycles. The van der Waals surface area contributed by atoms with E-state index >= 15 is 0 Å². The summed E-state index contributed by atoms with van der Waals surface area (Å²) in [5.74, 6) is 0.0994. The molecule has 1 heterocycles. The van der Waals surface area contributed by atoms with E-state index in [0.29, 0.717) is 18.6 Å². The molecule has 2 rings (SSSR count). The molecule has 0 saturated carbocycles. The molecule has 2 unspecified atom stereocenters. The first-order valence-corrected chi connectivity index (χ1v) is 6.75. The molecule has 0 aliphatic carbocycles. The van der Waals surface area contributed by atoms with E-state index in [1.165, 1.54) is 6.07 Å². The highest BCUT2D eigenvalue weighted by atomic mass is 19.1. The summed E-state index contributed by atoms with van der Waals surface area (Å²) < 4.78 is 18.8. The Morgan fingerprint density at radius 2 is 2.37 bits per heavy atom. The molecule has 0 aromatic heterocycles. The van der Waals surface area contributed by atoms with Gasteiger partial charge in [0.1, 0.15) is 11.9 Å². The average molecular weight is 262 g/mol. The molecule has 4 heteroatoms.